The SMILES string of the molecule is O=S(=O)(O)c1cccc2cccc(Nc3ccccc3)c12.[MgH2]. The highest BCUT2D eigenvalue weighted by atomic mass is 32.2. The van der Waals surface area contributed by atoms with E-state index in [1.165, 1.54) is 6.07 Å². The van der Waals surface area contributed by atoms with Crippen LogP contribution < -0.4 is 5.32 Å². The first kappa shape index (κ1) is 16.8. The zero-order chi connectivity index (χ0) is 14.9. The molecule has 0 spiro atoms. The fourth-order valence-electron chi connectivity index (χ4n) is 2.30. The first-order valence-electron chi connectivity index (χ1n) is 6.37. The van der Waals surface area contributed by atoms with Crippen molar-refractivity contribution in [1.29, 1.82) is 0 Å². The first-order chi connectivity index (χ1) is 10.1. The number of rotatable bonds is 3. The number of nitrogens with one attached hydrogen (secondary N) is 1. The molecule has 0 aliphatic carbocycles. The molecule has 0 radical (unpaired) electrons. The topological polar surface area (TPSA) is 66.4 Å². The molecule has 0 heterocycles. The van der Waals surface area contributed by atoms with Gasteiger partial charge in [0.2, 0.25) is 0 Å². The van der Waals surface area contributed by atoms with Crippen molar-refractivity contribution in [1.82, 2.24) is 0 Å². The molecule has 0 amide bonds. The molecule has 3 rings (SSSR count). The van der Waals surface area contributed by atoms with E-state index in [1.54, 1.807) is 24.3 Å². The van der Waals surface area contributed by atoms with Crippen LogP contribution >= 0.6 is 0 Å². The highest BCUT2D eigenvalue weighted by Crippen LogP contribution is 2.31. The van der Waals surface area contributed by atoms with Crippen LogP contribution in [0.2, 0.25) is 0 Å². The molecule has 3 aromatic rings. The zero-order valence-corrected chi connectivity index (χ0v) is 11.8. The number of benzene rings is 3. The molecule has 0 saturated carbocycles. The minimum Gasteiger partial charge on any atom is -0.355 e. The van der Waals surface area contributed by atoms with Crippen LogP contribution in [0.25, 0.3) is 10.8 Å². The van der Waals surface area contributed by atoms with Gasteiger partial charge in [-0.05, 0) is 29.7 Å². The third-order valence-electron chi connectivity index (χ3n) is 3.20. The van der Waals surface area contributed by atoms with E-state index in [1.807, 2.05) is 36.4 Å². The number of fused-ring (bicyclic) bond motifs is 1. The summed E-state index contributed by atoms with van der Waals surface area (Å²) in [6.07, 6.45) is 0. The highest BCUT2D eigenvalue weighted by Gasteiger charge is 2.16. The Bertz CT molecular complexity index is 890. The van der Waals surface area contributed by atoms with Crippen molar-refractivity contribution >= 4 is 55.3 Å². The van der Waals surface area contributed by atoms with Crippen LogP contribution in [-0.2, 0) is 10.1 Å². The summed E-state index contributed by atoms with van der Waals surface area (Å²) in [6.45, 7) is 0. The maximum atomic E-state index is 11.6. The van der Waals surface area contributed by atoms with Crippen molar-refractivity contribution in [3.05, 3.63) is 66.7 Å². The molecular weight excluding hydrogens is 311 g/mol. The Labute approximate surface area is 145 Å². The van der Waals surface area contributed by atoms with Crippen LogP contribution in [0.5, 0.6) is 0 Å². The summed E-state index contributed by atoms with van der Waals surface area (Å²) >= 11 is 0. The van der Waals surface area contributed by atoms with Crippen LogP contribution in [0, 0.1) is 0 Å². The molecule has 2 N–H and O–H groups in total. The van der Waals surface area contributed by atoms with Crippen molar-refractivity contribution in [2.45, 2.75) is 4.90 Å². The summed E-state index contributed by atoms with van der Waals surface area (Å²) in [6, 6.07) is 19.7. The molecule has 6 heteroatoms. The largest absolute Gasteiger partial charge is 0.355 e. The second-order valence-corrected chi connectivity index (χ2v) is 6.02. The summed E-state index contributed by atoms with van der Waals surface area (Å²) in [5, 5.41) is 4.40. The Morgan fingerprint density at radius 1 is 0.818 bits per heavy atom. The van der Waals surface area contributed by atoms with Gasteiger partial charge in [-0.3, -0.25) is 4.55 Å². The number of hydrogen-bond acceptors (Lipinski definition) is 3. The maximum absolute atomic E-state index is 11.6. The van der Waals surface area contributed by atoms with Gasteiger partial charge >= 0.3 is 23.1 Å². The summed E-state index contributed by atoms with van der Waals surface area (Å²) < 4.78 is 32.6. The summed E-state index contributed by atoms with van der Waals surface area (Å²) in [5.74, 6) is 0. The molecule has 0 atom stereocenters. The normalized spacial score (nSPS) is 11.0. The molecule has 0 saturated heterocycles. The second-order valence-electron chi connectivity index (χ2n) is 4.63. The van der Waals surface area contributed by atoms with Crippen molar-refractivity contribution in [2.75, 3.05) is 5.32 Å². The molecule has 0 fully saturated rings. The van der Waals surface area contributed by atoms with Crippen LogP contribution in [-0.4, -0.2) is 36.0 Å². The number of hydrogen-bond donors (Lipinski definition) is 2. The van der Waals surface area contributed by atoms with Gasteiger partial charge in [-0.1, -0.05) is 42.5 Å². The molecule has 3 aromatic carbocycles. The summed E-state index contributed by atoms with van der Waals surface area (Å²) in [5.41, 5.74) is 1.47. The standard InChI is InChI=1S/C16H13NO3S.Mg.2H/c18-21(19,20)15-11-5-7-12-6-4-10-14(16(12)15)17-13-8-2-1-3-9-13;;;/h1-11,17H,(H,18,19,20);;;. The van der Waals surface area contributed by atoms with Crippen LogP contribution in [0.1, 0.15) is 0 Å². The van der Waals surface area contributed by atoms with Crippen molar-refractivity contribution < 1.29 is 13.0 Å². The van der Waals surface area contributed by atoms with E-state index < -0.39 is 10.1 Å². The van der Waals surface area contributed by atoms with E-state index in [9.17, 15) is 13.0 Å². The third kappa shape index (κ3) is 3.41. The quantitative estimate of drug-likeness (QED) is 0.574. The number of anilines is 2. The van der Waals surface area contributed by atoms with E-state index >= 15 is 0 Å². The van der Waals surface area contributed by atoms with Gasteiger partial charge in [0.05, 0.1) is 0 Å². The van der Waals surface area contributed by atoms with Gasteiger partial charge < -0.3 is 5.32 Å². The Morgan fingerprint density at radius 3 is 2.09 bits per heavy atom. The van der Waals surface area contributed by atoms with E-state index in [-0.39, 0.29) is 27.9 Å². The minimum absolute atomic E-state index is 0. The summed E-state index contributed by atoms with van der Waals surface area (Å²) in [7, 11) is -4.28. The average molecular weight is 326 g/mol. The predicted octanol–water partition coefficient (Wildman–Crippen LogP) is 2.91. The Balaban J connectivity index is 0.00000176. The maximum Gasteiger partial charge on any atom is 0.316 e. The lowest BCUT2D eigenvalue weighted by Crippen LogP contribution is -2.01. The smallest absolute Gasteiger partial charge is 0.316 e. The highest BCUT2D eigenvalue weighted by molar-refractivity contribution is 7.86. The molecule has 110 valence electrons. The lowest BCUT2D eigenvalue weighted by atomic mass is 10.1. The van der Waals surface area contributed by atoms with Gasteiger partial charge in [0.1, 0.15) is 4.90 Å². The van der Waals surface area contributed by atoms with Crippen molar-refractivity contribution in [2.24, 2.45) is 0 Å². The van der Waals surface area contributed by atoms with E-state index in [2.05, 4.69) is 5.32 Å². The Morgan fingerprint density at radius 2 is 1.45 bits per heavy atom. The van der Waals surface area contributed by atoms with Gasteiger partial charge in [0, 0.05) is 16.8 Å². The van der Waals surface area contributed by atoms with Crippen LogP contribution in [0.4, 0.5) is 11.4 Å². The van der Waals surface area contributed by atoms with Gasteiger partial charge in [-0.25, -0.2) is 0 Å². The van der Waals surface area contributed by atoms with Gasteiger partial charge in [-0.15, -0.1) is 0 Å². The minimum atomic E-state index is -4.28. The van der Waals surface area contributed by atoms with Gasteiger partial charge in [0.15, 0.2) is 0 Å². The van der Waals surface area contributed by atoms with Crippen molar-refractivity contribution in [3.8, 4) is 0 Å². The third-order valence-corrected chi connectivity index (χ3v) is 4.09. The monoisotopic (exact) mass is 325 g/mol. The van der Waals surface area contributed by atoms with E-state index in [4.69, 9.17) is 0 Å². The zero-order valence-electron chi connectivity index (χ0n) is 11.0. The fourth-order valence-corrected chi connectivity index (χ4v) is 3.04. The van der Waals surface area contributed by atoms with Crippen LogP contribution in [0.3, 0.4) is 0 Å². The van der Waals surface area contributed by atoms with E-state index in [0.29, 0.717) is 11.1 Å². The average Bonchev–Trinajstić information content (AvgIpc) is 2.47. The molecule has 0 aliphatic rings. The van der Waals surface area contributed by atoms with Crippen LogP contribution in [0.15, 0.2) is 71.6 Å². The van der Waals surface area contributed by atoms with E-state index in [0.717, 1.165) is 11.1 Å². The molecule has 4 nitrogen and oxygen atoms in total. The lowest BCUT2D eigenvalue weighted by molar-refractivity contribution is 0.484. The number of para-hydroxylation sites is 1. The van der Waals surface area contributed by atoms with Gasteiger partial charge in [-0.2, -0.15) is 8.42 Å². The molecular formula is C16H15MgNO3S. The Hall–Kier alpha value is -1.60. The molecule has 0 aliphatic heterocycles. The van der Waals surface area contributed by atoms with Crippen molar-refractivity contribution in [3.63, 3.8) is 0 Å². The summed E-state index contributed by atoms with van der Waals surface area (Å²) in [4.78, 5) is -0.0981. The first-order valence-corrected chi connectivity index (χ1v) is 7.81. The Kier molecular flexibility index (Phi) is 5.07. The fraction of sp³-hybridized carbons (Fsp3) is 0. The van der Waals surface area contributed by atoms with Gasteiger partial charge in [0.25, 0.3) is 10.1 Å². The molecule has 0 unspecified atom stereocenters. The molecule has 22 heavy (non-hydrogen) atoms. The molecule has 0 bridgehead atoms. The molecule has 0 aromatic heterocycles. The predicted molar refractivity (Wildman–Crippen MR) is 92.0 cm³/mol. The lowest BCUT2D eigenvalue weighted by Gasteiger charge is -2.12. The second kappa shape index (κ2) is 6.66.